The molecule has 0 spiro atoms. The number of ether oxygens (including phenoxy) is 1. The minimum absolute atomic E-state index is 0.477. The minimum Gasteiger partial charge on any atom is -0.488 e. The molecule has 1 aromatic rings. The van der Waals surface area contributed by atoms with Gasteiger partial charge in [-0.1, -0.05) is 43.7 Å². The molecule has 0 heterocycles. The molecule has 0 N–H and O–H groups in total. The highest BCUT2D eigenvalue weighted by Crippen LogP contribution is 2.18. The molecule has 0 aromatic heterocycles. The number of aldehydes is 1. The van der Waals surface area contributed by atoms with Gasteiger partial charge in [0.2, 0.25) is 0 Å². The summed E-state index contributed by atoms with van der Waals surface area (Å²) < 4.78 is 5.64. The monoisotopic (exact) mass is 260 g/mol. The van der Waals surface area contributed by atoms with Gasteiger partial charge in [-0.05, 0) is 38.5 Å². The Morgan fingerprint density at radius 1 is 1.26 bits per heavy atom. The fourth-order valence-corrected chi connectivity index (χ4v) is 1.49. The molecule has 19 heavy (non-hydrogen) atoms. The number of hydrogen-bond donors (Lipinski definition) is 0. The first-order valence-electron chi connectivity index (χ1n) is 6.67. The molecule has 0 fully saturated rings. The molecule has 0 aliphatic carbocycles. The summed E-state index contributed by atoms with van der Waals surface area (Å²) in [5.41, 5.74) is 2.74. The lowest BCUT2D eigenvalue weighted by Gasteiger charge is -2.09. The van der Waals surface area contributed by atoms with E-state index >= 15 is 0 Å². The number of rotatable bonds is 5. The number of allylic oxidation sites excluding steroid dienone is 2. The number of carbonyl (C=O) groups excluding carboxylic acids is 1. The summed E-state index contributed by atoms with van der Waals surface area (Å²) in [7, 11) is 0. The van der Waals surface area contributed by atoms with Crippen LogP contribution in [0.5, 0.6) is 5.75 Å². The zero-order chi connectivity index (χ0) is 14.7. The lowest BCUT2D eigenvalue weighted by molar-refractivity contribution is 0.112. The van der Waals surface area contributed by atoms with E-state index in [1.54, 1.807) is 0 Å². The van der Waals surface area contributed by atoms with E-state index in [4.69, 9.17) is 4.74 Å². The van der Waals surface area contributed by atoms with E-state index in [9.17, 15) is 4.79 Å². The number of aryl methyl sites for hydroxylation is 1. The van der Waals surface area contributed by atoms with Crippen molar-refractivity contribution in [1.29, 1.82) is 0 Å². The van der Waals surface area contributed by atoms with Crippen molar-refractivity contribution in [3.05, 3.63) is 53.1 Å². The van der Waals surface area contributed by atoms with Gasteiger partial charge in [-0.15, -0.1) is 0 Å². The van der Waals surface area contributed by atoms with Crippen LogP contribution in [0.15, 0.2) is 42.0 Å². The molecule has 0 saturated carbocycles. The third-order valence-corrected chi connectivity index (χ3v) is 2.44. The maximum absolute atomic E-state index is 10.9. The Kier molecular flexibility index (Phi) is 9.15. The van der Waals surface area contributed by atoms with Gasteiger partial charge in [0.25, 0.3) is 0 Å². The molecule has 104 valence electrons. The van der Waals surface area contributed by atoms with Crippen molar-refractivity contribution in [3.8, 4) is 5.75 Å². The predicted octanol–water partition coefficient (Wildman–Crippen LogP) is 4.73. The van der Waals surface area contributed by atoms with E-state index in [1.165, 1.54) is 0 Å². The molecule has 0 bridgehead atoms. The molecular formula is C17H24O2. The Bertz CT molecular complexity index is 443. The van der Waals surface area contributed by atoms with Gasteiger partial charge in [-0.2, -0.15) is 0 Å². The van der Waals surface area contributed by atoms with Crippen molar-refractivity contribution in [3.63, 3.8) is 0 Å². The van der Waals surface area contributed by atoms with Crippen molar-refractivity contribution < 1.29 is 9.53 Å². The van der Waals surface area contributed by atoms with Crippen LogP contribution in [0, 0.1) is 6.92 Å². The minimum atomic E-state index is 0.477. The fraction of sp³-hybridized carbons (Fsp3) is 0.353. The van der Waals surface area contributed by atoms with Crippen molar-refractivity contribution in [1.82, 2.24) is 0 Å². The third kappa shape index (κ3) is 6.05. The molecule has 0 aliphatic heterocycles. The molecule has 0 saturated heterocycles. The Balaban J connectivity index is 0.00000154. The molecule has 1 rings (SSSR count). The topological polar surface area (TPSA) is 26.3 Å². The Morgan fingerprint density at radius 3 is 2.47 bits per heavy atom. The maximum Gasteiger partial charge on any atom is 0.153 e. The molecule has 0 aliphatic rings. The predicted molar refractivity (Wildman–Crippen MR) is 82.0 cm³/mol. The first-order chi connectivity index (χ1) is 9.21. The highest BCUT2D eigenvalue weighted by Gasteiger charge is 2.03. The lowest BCUT2D eigenvalue weighted by atomic mass is 10.1. The van der Waals surface area contributed by atoms with Crippen LogP contribution in [0.3, 0.4) is 0 Å². The van der Waals surface area contributed by atoms with Crippen molar-refractivity contribution in [2.45, 2.75) is 34.6 Å². The third-order valence-electron chi connectivity index (χ3n) is 2.44. The van der Waals surface area contributed by atoms with Gasteiger partial charge in [0.15, 0.2) is 6.29 Å². The molecule has 1 aromatic carbocycles. The van der Waals surface area contributed by atoms with Gasteiger partial charge in [0, 0.05) is 0 Å². The van der Waals surface area contributed by atoms with Crippen LogP contribution in [-0.2, 0) is 0 Å². The fourth-order valence-electron chi connectivity index (χ4n) is 1.49. The van der Waals surface area contributed by atoms with Crippen LogP contribution in [0.4, 0.5) is 0 Å². The summed E-state index contributed by atoms with van der Waals surface area (Å²) in [5, 5.41) is 0. The number of benzene rings is 1. The summed E-state index contributed by atoms with van der Waals surface area (Å²) in [6.07, 6.45) is 6.78. The summed E-state index contributed by atoms with van der Waals surface area (Å²) in [5.74, 6) is 0.634. The summed E-state index contributed by atoms with van der Waals surface area (Å²) in [6.45, 7) is 10.4. The standard InChI is InChI=1S/C15H18O2.C2H6/c1-4-6-13(5-2)11-17-15-8-7-12(3)9-14(15)10-16;1-2/h4-10H,11H2,1-3H3;1-2H3/b6-4-,13-5+;. The lowest BCUT2D eigenvalue weighted by Crippen LogP contribution is -2.02. The number of hydrogen-bond acceptors (Lipinski definition) is 2. The smallest absolute Gasteiger partial charge is 0.153 e. The van der Waals surface area contributed by atoms with E-state index in [2.05, 4.69) is 0 Å². The average Bonchev–Trinajstić information content (AvgIpc) is 2.46. The largest absolute Gasteiger partial charge is 0.488 e. The molecule has 0 atom stereocenters. The van der Waals surface area contributed by atoms with E-state index < -0.39 is 0 Å². The summed E-state index contributed by atoms with van der Waals surface area (Å²) in [6, 6.07) is 5.60. The highest BCUT2D eigenvalue weighted by molar-refractivity contribution is 5.79. The summed E-state index contributed by atoms with van der Waals surface area (Å²) >= 11 is 0. The Hall–Kier alpha value is -1.83. The SMILES string of the molecule is C/C=C\C(=C/C)COc1ccc(C)cc1C=O.CC. The molecule has 0 unspecified atom stereocenters. The highest BCUT2D eigenvalue weighted by atomic mass is 16.5. The van der Waals surface area contributed by atoms with Crippen LogP contribution >= 0.6 is 0 Å². The van der Waals surface area contributed by atoms with Gasteiger partial charge in [-0.25, -0.2) is 0 Å². The molecule has 2 nitrogen and oxygen atoms in total. The second kappa shape index (κ2) is 10.1. The second-order valence-electron chi connectivity index (χ2n) is 3.81. The number of carbonyl (C=O) groups is 1. The zero-order valence-corrected chi connectivity index (χ0v) is 12.6. The zero-order valence-electron chi connectivity index (χ0n) is 12.6. The quantitative estimate of drug-likeness (QED) is 0.565. The van der Waals surface area contributed by atoms with E-state index in [-0.39, 0.29) is 0 Å². The van der Waals surface area contributed by atoms with Crippen LogP contribution in [0.2, 0.25) is 0 Å². The average molecular weight is 260 g/mol. The van der Waals surface area contributed by atoms with Crippen LogP contribution in [-0.4, -0.2) is 12.9 Å². The van der Waals surface area contributed by atoms with Crippen LogP contribution < -0.4 is 4.74 Å². The van der Waals surface area contributed by atoms with Gasteiger partial charge in [0.05, 0.1) is 5.56 Å². The van der Waals surface area contributed by atoms with Crippen molar-refractivity contribution >= 4 is 6.29 Å². The van der Waals surface area contributed by atoms with Crippen molar-refractivity contribution in [2.24, 2.45) is 0 Å². The normalized spacial score (nSPS) is 10.9. The Labute approximate surface area is 116 Å². The first kappa shape index (κ1) is 17.2. The van der Waals surface area contributed by atoms with E-state index in [0.717, 1.165) is 17.4 Å². The van der Waals surface area contributed by atoms with Gasteiger partial charge >= 0.3 is 0 Å². The van der Waals surface area contributed by atoms with Crippen LogP contribution in [0.25, 0.3) is 0 Å². The first-order valence-corrected chi connectivity index (χ1v) is 6.67. The maximum atomic E-state index is 10.9. The second-order valence-corrected chi connectivity index (χ2v) is 3.81. The van der Waals surface area contributed by atoms with E-state index in [1.807, 2.05) is 71.0 Å². The van der Waals surface area contributed by atoms with E-state index in [0.29, 0.717) is 17.9 Å². The van der Waals surface area contributed by atoms with Gasteiger partial charge in [0.1, 0.15) is 12.4 Å². The molecular weight excluding hydrogens is 236 g/mol. The van der Waals surface area contributed by atoms with Crippen LogP contribution in [0.1, 0.15) is 43.6 Å². The molecule has 2 heteroatoms. The molecule has 0 radical (unpaired) electrons. The van der Waals surface area contributed by atoms with Crippen molar-refractivity contribution in [2.75, 3.05) is 6.61 Å². The Morgan fingerprint density at radius 2 is 1.95 bits per heavy atom. The molecule has 0 amide bonds. The van der Waals surface area contributed by atoms with Gasteiger partial charge < -0.3 is 4.74 Å². The summed E-state index contributed by atoms with van der Waals surface area (Å²) in [4.78, 5) is 10.9. The van der Waals surface area contributed by atoms with Gasteiger partial charge in [-0.3, -0.25) is 4.79 Å².